The maximum Gasteiger partial charge on any atom is 0.259 e. The summed E-state index contributed by atoms with van der Waals surface area (Å²) in [6.45, 7) is 3.76. The molecule has 0 saturated carbocycles. The standard InChI is InChI=1S/C15H15BrN2O2/c1-8-3-4-10(13(19)7-8)15(20)18-14-11(16)5-9(2)6-12(14)17/h3-7,19H,17H2,1-2H3,(H,18,20). The van der Waals surface area contributed by atoms with Gasteiger partial charge in [0, 0.05) is 4.47 Å². The smallest absolute Gasteiger partial charge is 0.259 e. The van der Waals surface area contributed by atoms with Crippen LogP contribution >= 0.6 is 15.9 Å². The minimum Gasteiger partial charge on any atom is -0.507 e. The highest BCUT2D eigenvalue weighted by Gasteiger charge is 2.14. The van der Waals surface area contributed by atoms with Gasteiger partial charge in [-0.15, -0.1) is 0 Å². The van der Waals surface area contributed by atoms with Crippen LogP contribution in [0.5, 0.6) is 5.75 Å². The number of phenolic OH excluding ortho intramolecular Hbond substituents is 1. The number of halogens is 1. The van der Waals surface area contributed by atoms with Crippen molar-refractivity contribution < 1.29 is 9.90 Å². The Hall–Kier alpha value is -2.01. The maximum absolute atomic E-state index is 12.2. The van der Waals surface area contributed by atoms with Crippen molar-refractivity contribution >= 4 is 33.2 Å². The first kappa shape index (κ1) is 14.4. The van der Waals surface area contributed by atoms with E-state index < -0.39 is 5.91 Å². The van der Waals surface area contributed by atoms with Crippen molar-refractivity contribution in [1.82, 2.24) is 0 Å². The Morgan fingerprint density at radius 1 is 1.20 bits per heavy atom. The number of nitrogens with two attached hydrogens (primary N) is 1. The molecule has 0 aliphatic carbocycles. The van der Waals surface area contributed by atoms with E-state index in [0.29, 0.717) is 15.8 Å². The highest BCUT2D eigenvalue weighted by molar-refractivity contribution is 9.10. The second-order valence-electron chi connectivity index (χ2n) is 4.69. The molecule has 2 aromatic rings. The fraction of sp³-hybridized carbons (Fsp3) is 0.133. The summed E-state index contributed by atoms with van der Waals surface area (Å²) in [5.74, 6) is -0.456. The van der Waals surface area contributed by atoms with Gasteiger partial charge in [-0.3, -0.25) is 4.79 Å². The number of aryl methyl sites for hydroxylation is 2. The summed E-state index contributed by atoms with van der Waals surface area (Å²) in [5, 5.41) is 12.5. The van der Waals surface area contributed by atoms with E-state index in [9.17, 15) is 9.90 Å². The van der Waals surface area contributed by atoms with E-state index in [1.807, 2.05) is 19.9 Å². The maximum atomic E-state index is 12.2. The molecule has 2 aromatic carbocycles. The van der Waals surface area contributed by atoms with E-state index in [1.165, 1.54) is 0 Å². The molecule has 104 valence electrons. The number of phenols is 1. The highest BCUT2D eigenvalue weighted by atomic mass is 79.9. The molecule has 4 N–H and O–H groups in total. The highest BCUT2D eigenvalue weighted by Crippen LogP contribution is 2.31. The average Bonchev–Trinajstić information content (AvgIpc) is 2.33. The lowest BCUT2D eigenvalue weighted by atomic mass is 10.1. The van der Waals surface area contributed by atoms with Crippen LogP contribution in [0.3, 0.4) is 0 Å². The first-order chi connectivity index (χ1) is 9.38. The fourth-order valence-electron chi connectivity index (χ4n) is 1.92. The zero-order chi connectivity index (χ0) is 14.9. The van der Waals surface area contributed by atoms with Gasteiger partial charge in [-0.25, -0.2) is 0 Å². The predicted octanol–water partition coefficient (Wildman–Crippen LogP) is 3.61. The summed E-state index contributed by atoms with van der Waals surface area (Å²) in [7, 11) is 0. The molecule has 0 fully saturated rings. The van der Waals surface area contributed by atoms with E-state index in [4.69, 9.17) is 5.73 Å². The van der Waals surface area contributed by atoms with Gasteiger partial charge in [0.2, 0.25) is 0 Å². The molecule has 4 nitrogen and oxygen atoms in total. The molecule has 0 atom stereocenters. The minimum absolute atomic E-state index is 0.0516. The van der Waals surface area contributed by atoms with Gasteiger partial charge < -0.3 is 16.2 Å². The number of nitrogens with one attached hydrogen (secondary N) is 1. The number of carbonyl (C=O) groups is 1. The second kappa shape index (κ2) is 5.54. The molecule has 0 aromatic heterocycles. The molecule has 1 amide bonds. The first-order valence-corrected chi connectivity index (χ1v) is 6.84. The summed E-state index contributed by atoms with van der Waals surface area (Å²) in [6.07, 6.45) is 0. The van der Waals surface area contributed by atoms with Crippen LogP contribution in [0, 0.1) is 13.8 Å². The topological polar surface area (TPSA) is 75.4 Å². The zero-order valence-corrected chi connectivity index (χ0v) is 12.8. The zero-order valence-electron chi connectivity index (χ0n) is 11.2. The van der Waals surface area contributed by atoms with Gasteiger partial charge in [0.1, 0.15) is 5.75 Å². The van der Waals surface area contributed by atoms with E-state index in [0.717, 1.165) is 11.1 Å². The molecular formula is C15H15BrN2O2. The summed E-state index contributed by atoms with van der Waals surface area (Å²) in [6, 6.07) is 8.53. The summed E-state index contributed by atoms with van der Waals surface area (Å²) < 4.78 is 0.704. The van der Waals surface area contributed by atoms with Crippen molar-refractivity contribution in [2.75, 3.05) is 11.1 Å². The monoisotopic (exact) mass is 334 g/mol. The molecule has 0 spiro atoms. The molecule has 0 radical (unpaired) electrons. The number of carbonyl (C=O) groups excluding carboxylic acids is 1. The Balaban J connectivity index is 2.33. The van der Waals surface area contributed by atoms with Crippen LogP contribution in [-0.2, 0) is 0 Å². The Kier molecular flexibility index (Phi) is 3.99. The Bertz CT molecular complexity index is 661. The molecule has 2 rings (SSSR count). The van der Waals surface area contributed by atoms with Crippen LogP contribution in [0.1, 0.15) is 21.5 Å². The van der Waals surface area contributed by atoms with Crippen LogP contribution in [-0.4, -0.2) is 11.0 Å². The molecule has 0 saturated heterocycles. The van der Waals surface area contributed by atoms with Crippen LogP contribution in [0.2, 0.25) is 0 Å². The third kappa shape index (κ3) is 2.93. The number of amides is 1. The molecule has 0 bridgehead atoms. The van der Waals surface area contributed by atoms with Crippen LogP contribution in [0.15, 0.2) is 34.8 Å². The van der Waals surface area contributed by atoms with Crippen LogP contribution < -0.4 is 11.1 Å². The number of nitrogen functional groups attached to an aromatic ring is 1. The van der Waals surface area contributed by atoms with Gasteiger partial charge >= 0.3 is 0 Å². The Morgan fingerprint density at radius 2 is 1.90 bits per heavy atom. The van der Waals surface area contributed by atoms with Gasteiger partial charge in [-0.05, 0) is 65.2 Å². The van der Waals surface area contributed by atoms with E-state index >= 15 is 0 Å². The molecule has 0 heterocycles. The second-order valence-corrected chi connectivity index (χ2v) is 5.54. The number of aromatic hydroxyl groups is 1. The predicted molar refractivity (Wildman–Crippen MR) is 84.1 cm³/mol. The third-order valence-corrected chi connectivity index (χ3v) is 3.53. The van der Waals surface area contributed by atoms with Crippen molar-refractivity contribution in [2.24, 2.45) is 0 Å². The summed E-state index contributed by atoms with van der Waals surface area (Å²) >= 11 is 3.37. The quantitative estimate of drug-likeness (QED) is 0.734. The molecule has 0 aliphatic rings. The number of anilines is 2. The largest absolute Gasteiger partial charge is 0.507 e. The molecule has 20 heavy (non-hydrogen) atoms. The number of benzene rings is 2. The van der Waals surface area contributed by atoms with E-state index in [2.05, 4.69) is 21.2 Å². The number of rotatable bonds is 2. The van der Waals surface area contributed by atoms with Crippen molar-refractivity contribution in [1.29, 1.82) is 0 Å². The molecule has 5 heteroatoms. The number of hydrogen-bond acceptors (Lipinski definition) is 3. The average molecular weight is 335 g/mol. The lowest BCUT2D eigenvalue weighted by Crippen LogP contribution is -2.14. The normalized spacial score (nSPS) is 10.3. The van der Waals surface area contributed by atoms with Gasteiger partial charge in [0.25, 0.3) is 5.91 Å². The lowest BCUT2D eigenvalue weighted by Gasteiger charge is -2.12. The summed E-state index contributed by atoms with van der Waals surface area (Å²) in [4.78, 5) is 12.2. The first-order valence-electron chi connectivity index (χ1n) is 6.05. The number of hydrogen-bond donors (Lipinski definition) is 3. The van der Waals surface area contributed by atoms with Crippen molar-refractivity contribution in [3.05, 3.63) is 51.5 Å². The SMILES string of the molecule is Cc1ccc(C(=O)Nc2c(N)cc(C)cc2Br)c(O)c1. The fourth-order valence-corrected chi connectivity index (χ4v) is 2.60. The lowest BCUT2D eigenvalue weighted by molar-refractivity contribution is 0.102. The van der Waals surface area contributed by atoms with Crippen LogP contribution in [0.25, 0.3) is 0 Å². The third-order valence-electron chi connectivity index (χ3n) is 2.90. The Morgan fingerprint density at radius 3 is 2.50 bits per heavy atom. The molecule has 0 unspecified atom stereocenters. The summed E-state index contributed by atoms with van der Waals surface area (Å²) in [5.41, 5.74) is 8.96. The van der Waals surface area contributed by atoms with Crippen LogP contribution in [0.4, 0.5) is 11.4 Å². The molecular weight excluding hydrogens is 320 g/mol. The Labute approximate surface area is 125 Å². The van der Waals surface area contributed by atoms with Crippen molar-refractivity contribution in [3.8, 4) is 5.75 Å². The van der Waals surface area contributed by atoms with Gasteiger partial charge in [0.05, 0.1) is 16.9 Å². The van der Waals surface area contributed by atoms with Crippen molar-refractivity contribution in [3.63, 3.8) is 0 Å². The van der Waals surface area contributed by atoms with Crippen molar-refractivity contribution in [2.45, 2.75) is 13.8 Å². The minimum atomic E-state index is -0.404. The van der Waals surface area contributed by atoms with E-state index in [1.54, 1.807) is 24.3 Å². The van der Waals surface area contributed by atoms with Gasteiger partial charge in [0.15, 0.2) is 0 Å². The van der Waals surface area contributed by atoms with Gasteiger partial charge in [-0.2, -0.15) is 0 Å². The van der Waals surface area contributed by atoms with Gasteiger partial charge in [-0.1, -0.05) is 6.07 Å². The molecule has 0 aliphatic heterocycles. The van der Waals surface area contributed by atoms with E-state index in [-0.39, 0.29) is 11.3 Å².